The molecular formula is C19H22N6O2S2. The van der Waals surface area contributed by atoms with E-state index in [2.05, 4.69) is 27.4 Å². The molecule has 10 heteroatoms. The van der Waals surface area contributed by atoms with E-state index in [-0.39, 0.29) is 17.2 Å². The van der Waals surface area contributed by atoms with E-state index in [1.165, 1.54) is 27.8 Å². The maximum atomic E-state index is 12.9. The Morgan fingerprint density at radius 3 is 2.76 bits per heavy atom. The second-order valence-electron chi connectivity index (χ2n) is 6.23. The highest BCUT2D eigenvalue weighted by Crippen LogP contribution is 2.29. The first kappa shape index (κ1) is 20.9. The fraction of sp³-hybridized carbons (Fsp3) is 0.263. The fourth-order valence-corrected chi connectivity index (χ4v) is 4.53. The van der Waals surface area contributed by atoms with E-state index in [0.29, 0.717) is 21.7 Å². The normalized spacial score (nSPS) is 11.8. The molecule has 0 aliphatic carbocycles. The van der Waals surface area contributed by atoms with Crippen molar-refractivity contribution >= 4 is 39.8 Å². The number of nitrogens with one attached hydrogen (secondary N) is 2. The van der Waals surface area contributed by atoms with Gasteiger partial charge in [-0.25, -0.2) is 4.68 Å². The molecule has 8 nitrogen and oxygen atoms in total. The Labute approximate surface area is 176 Å². The van der Waals surface area contributed by atoms with Crippen LogP contribution >= 0.6 is 23.1 Å². The van der Waals surface area contributed by atoms with Gasteiger partial charge in [0, 0.05) is 13.6 Å². The third kappa shape index (κ3) is 4.60. The van der Waals surface area contributed by atoms with Crippen LogP contribution in [0.2, 0.25) is 0 Å². The van der Waals surface area contributed by atoms with E-state index in [0.717, 1.165) is 5.69 Å². The van der Waals surface area contributed by atoms with Gasteiger partial charge in [0.25, 0.3) is 5.56 Å². The number of rotatable bonds is 8. The minimum absolute atomic E-state index is 0.267. The Kier molecular flexibility index (Phi) is 6.55. The molecule has 2 N–H and O–H groups in total. The van der Waals surface area contributed by atoms with Crippen LogP contribution in [0.3, 0.4) is 0 Å². The summed E-state index contributed by atoms with van der Waals surface area (Å²) in [7, 11) is 1.79. The fourth-order valence-electron chi connectivity index (χ4n) is 2.63. The second kappa shape index (κ2) is 9.10. The van der Waals surface area contributed by atoms with Gasteiger partial charge < -0.3 is 10.6 Å². The van der Waals surface area contributed by atoms with E-state index in [9.17, 15) is 9.59 Å². The van der Waals surface area contributed by atoms with Crippen LogP contribution in [0.4, 0.5) is 10.8 Å². The molecule has 3 aromatic rings. The summed E-state index contributed by atoms with van der Waals surface area (Å²) in [6.07, 6.45) is 1.73. The van der Waals surface area contributed by atoms with Gasteiger partial charge in [0.2, 0.25) is 11.0 Å². The smallest absolute Gasteiger partial charge is 0.295 e. The van der Waals surface area contributed by atoms with Gasteiger partial charge in [-0.3, -0.25) is 14.3 Å². The van der Waals surface area contributed by atoms with Crippen molar-refractivity contribution in [2.24, 2.45) is 7.05 Å². The Morgan fingerprint density at radius 2 is 2.07 bits per heavy atom. The zero-order valence-electron chi connectivity index (χ0n) is 16.4. The monoisotopic (exact) mass is 430 g/mol. The van der Waals surface area contributed by atoms with Crippen molar-refractivity contribution in [3.63, 3.8) is 0 Å². The largest absolute Gasteiger partial charge is 0.357 e. The Balaban J connectivity index is 1.74. The first-order chi connectivity index (χ1) is 13.9. The van der Waals surface area contributed by atoms with Gasteiger partial charge in [-0.05, 0) is 26.0 Å². The molecule has 3 rings (SSSR count). The van der Waals surface area contributed by atoms with Crippen LogP contribution in [0.5, 0.6) is 0 Å². The van der Waals surface area contributed by atoms with Crippen LogP contribution < -0.4 is 16.2 Å². The van der Waals surface area contributed by atoms with Crippen LogP contribution in [-0.4, -0.2) is 37.3 Å². The molecule has 1 unspecified atom stereocenters. The predicted molar refractivity (Wildman–Crippen MR) is 118 cm³/mol. The molecule has 0 bridgehead atoms. The molecule has 29 heavy (non-hydrogen) atoms. The average molecular weight is 431 g/mol. The number of amides is 1. The van der Waals surface area contributed by atoms with Gasteiger partial charge in [0.1, 0.15) is 5.69 Å². The summed E-state index contributed by atoms with van der Waals surface area (Å²) in [5.41, 5.74) is 1.42. The summed E-state index contributed by atoms with van der Waals surface area (Å²) >= 11 is 2.66. The van der Waals surface area contributed by atoms with Gasteiger partial charge in [0.05, 0.1) is 16.6 Å². The maximum absolute atomic E-state index is 12.9. The molecule has 1 aromatic carbocycles. The third-order valence-electron chi connectivity index (χ3n) is 4.25. The van der Waals surface area contributed by atoms with Gasteiger partial charge in [-0.15, -0.1) is 16.8 Å². The lowest BCUT2D eigenvalue weighted by Gasteiger charge is -2.09. The summed E-state index contributed by atoms with van der Waals surface area (Å²) in [6, 6.07) is 9.30. The SMILES string of the molecule is C=CCNc1nnc(SC(C)C(=O)Nc2c(C)n(C)n(-c3ccccc3)c2=O)s1. The minimum atomic E-state index is -0.445. The lowest BCUT2D eigenvalue weighted by molar-refractivity contribution is -0.115. The van der Waals surface area contributed by atoms with Crippen LogP contribution in [-0.2, 0) is 11.8 Å². The van der Waals surface area contributed by atoms with Crippen LogP contribution in [0.25, 0.3) is 5.69 Å². The Morgan fingerprint density at radius 1 is 1.34 bits per heavy atom. The van der Waals surface area contributed by atoms with E-state index in [1.54, 1.807) is 31.7 Å². The standard InChI is InChI=1S/C19H22N6O2S2/c1-5-11-20-18-22-23-19(29-18)28-13(3)16(26)21-15-12(2)24(4)25(17(15)27)14-9-7-6-8-10-14/h5-10,13H,1,11H2,2-4H3,(H,20,22)(H,21,26). The highest BCUT2D eigenvalue weighted by atomic mass is 32.2. The Bertz CT molecular complexity index is 1070. The topological polar surface area (TPSA) is 93.8 Å². The molecule has 0 fully saturated rings. The van der Waals surface area contributed by atoms with Gasteiger partial charge >= 0.3 is 0 Å². The number of thioether (sulfide) groups is 1. The van der Waals surface area contributed by atoms with Gasteiger partial charge in [-0.2, -0.15) is 0 Å². The molecule has 152 valence electrons. The lowest BCUT2D eigenvalue weighted by atomic mass is 10.3. The molecule has 0 saturated heterocycles. The summed E-state index contributed by atoms with van der Waals surface area (Å²) in [4.78, 5) is 25.6. The quantitative estimate of drug-likeness (QED) is 0.421. The van der Waals surface area contributed by atoms with Crippen LogP contribution in [0.15, 0.2) is 52.1 Å². The molecule has 1 amide bonds. The summed E-state index contributed by atoms with van der Waals surface area (Å²) in [6.45, 7) is 7.81. The van der Waals surface area contributed by atoms with E-state index in [4.69, 9.17) is 0 Å². The number of para-hydroxylation sites is 1. The predicted octanol–water partition coefficient (Wildman–Crippen LogP) is 3.05. The van der Waals surface area contributed by atoms with Crippen molar-refractivity contribution in [2.75, 3.05) is 17.2 Å². The van der Waals surface area contributed by atoms with Crippen molar-refractivity contribution in [3.05, 3.63) is 59.0 Å². The summed E-state index contributed by atoms with van der Waals surface area (Å²) in [5.74, 6) is -0.267. The number of hydrogen-bond acceptors (Lipinski definition) is 7. The molecule has 0 spiro atoms. The van der Waals surface area contributed by atoms with Gasteiger partial charge in [0.15, 0.2) is 4.34 Å². The van der Waals surface area contributed by atoms with Crippen molar-refractivity contribution in [1.29, 1.82) is 0 Å². The molecule has 0 aliphatic rings. The van der Waals surface area contributed by atoms with Crippen LogP contribution in [0, 0.1) is 6.92 Å². The molecule has 1 atom stereocenters. The highest BCUT2D eigenvalue weighted by Gasteiger charge is 2.22. The molecule has 0 saturated carbocycles. The van der Waals surface area contributed by atoms with E-state index in [1.807, 2.05) is 30.3 Å². The summed E-state index contributed by atoms with van der Waals surface area (Å²) < 4.78 is 3.93. The van der Waals surface area contributed by atoms with Crippen molar-refractivity contribution in [3.8, 4) is 5.69 Å². The van der Waals surface area contributed by atoms with Crippen molar-refractivity contribution in [2.45, 2.75) is 23.4 Å². The zero-order chi connectivity index (χ0) is 21.0. The van der Waals surface area contributed by atoms with Gasteiger partial charge in [-0.1, -0.05) is 47.4 Å². The average Bonchev–Trinajstić information content (AvgIpc) is 3.25. The molecule has 0 aliphatic heterocycles. The first-order valence-corrected chi connectivity index (χ1v) is 10.6. The minimum Gasteiger partial charge on any atom is -0.357 e. The number of carbonyl (C=O) groups is 1. The lowest BCUT2D eigenvalue weighted by Crippen LogP contribution is -2.27. The number of anilines is 2. The number of benzene rings is 1. The maximum Gasteiger partial charge on any atom is 0.295 e. The molecule has 2 heterocycles. The molecular weight excluding hydrogens is 408 g/mol. The summed E-state index contributed by atoms with van der Waals surface area (Å²) in [5, 5.41) is 14.2. The van der Waals surface area contributed by atoms with Crippen molar-refractivity contribution in [1.82, 2.24) is 19.6 Å². The molecule has 0 radical (unpaired) electrons. The first-order valence-electron chi connectivity index (χ1n) is 8.92. The van der Waals surface area contributed by atoms with E-state index < -0.39 is 5.25 Å². The Hall–Kier alpha value is -2.85. The van der Waals surface area contributed by atoms with Crippen LogP contribution in [0.1, 0.15) is 12.6 Å². The number of hydrogen-bond donors (Lipinski definition) is 2. The number of aromatic nitrogens is 4. The highest BCUT2D eigenvalue weighted by molar-refractivity contribution is 8.02. The number of carbonyl (C=O) groups excluding carboxylic acids is 1. The molecule has 2 aromatic heterocycles. The van der Waals surface area contributed by atoms with Crippen molar-refractivity contribution < 1.29 is 4.79 Å². The van der Waals surface area contributed by atoms with E-state index >= 15 is 0 Å². The third-order valence-corrected chi connectivity index (χ3v) is 6.32. The second-order valence-corrected chi connectivity index (χ2v) is 8.79. The number of nitrogens with zero attached hydrogens (tertiary/aromatic N) is 4. The zero-order valence-corrected chi connectivity index (χ0v) is 18.0.